The lowest BCUT2D eigenvalue weighted by atomic mass is 10.2. The minimum Gasteiger partial charge on any atom is -0.463 e. The molecule has 0 bridgehead atoms. The van der Waals surface area contributed by atoms with Gasteiger partial charge in [0, 0.05) is 18.8 Å². The number of carbonyl (C=O) groups excluding carboxylic acids is 1. The van der Waals surface area contributed by atoms with E-state index in [1.807, 2.05) is 6.07 Å². The molecule has 1 N–H and O–H groups in total. The standard InChI is InChI=1S/C14H15N3O2/c1-2-3-6-13(18)17-10-11-14(16-8-7-15-11)12-5-4-9-19-12/h2,4-5,7-9H,1,3,6,10H2,(H,17,18). The number of nitrogens with one attached hydrogen (secondary N) is 1. The maximum atomic E-state index is 11.5. The van der Waals surface area contributed by atoms with Crippen molar-refractivity contribution in [2.24, 2.45) is 0 Å². The van der Waals surface area contributed by atoms with E-state index in [4.69, 9.17) is 4.42 Å². The molecule has 0 aliphatic rings. The van der Waals surface area contributed by atoms with E-state index in [0.29, 0.717) is 36.5 Å². The molecule has 0 aliphatic heterocycles. The van der Waals surface area contributed by atoms with E-state index in [1.54, 1.807) is 30.8 Å². The first-order valence-electron chi connectivity index (χ1n) is 6.02. The van der Waals surface area contributed by atoms with Gasteiger partial charge in [0.25, 0.3) is 0 Å². The second kappa shape index (κ2) is 6.49. The largest absolute Gasteiger partial charge is 0.463 e. The van der Waals surface area contributed by atoms with Crippen molar-refractivity contribution in [2.45, 2.75) is 19.4 Å². The zero-order valence-electron chi connectivity index (χ0n) is 10.5. The number of rotatable bonds is 6. The van der Waals surface area contributed by atoms with Crippen LogP contribution < -0.4 is 5.32 Å². The summed E-state index contributed by atoms with van der Waals surface area (Å²) < 4.78 is 5.30. The van der Waals surface area contributed by atoms with E-state index < -0.39 is 0 Å². The Morgan fingerprint density at radius 3 is 3.00 bits per heavy atom. The molecule has 2 aromatic rings. The average molecular weight is 257 g/mol. The molecular weight excluding hydrogens is 242 g/mol. The monoisotopic (exact) mass is 257 g/mol. The van der Waals surface area contributed by atoms with Gasteiger partial charge in [0.15, 0.2) is 5.76 Å². The summed E-state index contributed by atoms with van der Waals surface area (Å²) in [6, 6.07) is 3.60. The molecule has 1 amide bonds. The highest BCUT2D eigenvalue weighted by Gasteiger charge is 2.11. The predicted molar refractivity (Wildman–Crippen MR) is 71.0 cm³/mol. The normalized spacial score (nSPS) is 10.1. The molecule has 2 heterocycles. The highest BCUT2D eigenvalue weighted by Crippen LogP contribution is 2.19. The summed E-state index contributed by atoms with van der Waals surface area (Å²) in [5.41, 5.74) is 1.33. The summed E-state index contributed by atoms with van der Waals surface area (Å²) in [5.74, 6) is 0.611. The van der Waals surface area contributed by atoms with Gasteiger partial charge in [-0.3, -0.25) is 9.78 Å². The second-order valence-electron chi connectivity index (χ2n) is 3.93. The lowest BCUT2D eigenvalue weighted by Gasteiger charge is -2.06. The van der Waals surface area contributed by atoms with Gasteiger partial charge in [-0.2, -0.15) is 0 Å². The Morgan fingerprint density at radius 2 is 2.26 bits per heavy atom. The molecule has 0 aliphatic carbocycles. The molecule has 2 aromatic heterocycles. The van der Waals surface area contributed by atoms with Gasteiger partial charge in [0.2, 0.25) is 5.91 Å². The molecule has 98 valence electrons. The molecule has 0 saturated carbocycles. The minimum absolute atomic E-state index is 0.0315. The SMILES string of the molecule is C=CCCC(=O)NCc1nccnc1-c1ccco1. The van der Waals surface area contributed by atoms with E-state index in [2.05, 4.69) is 21.9 Å². The summed E-state index contributed by atoms with van der Waals surface area (Å²) >= 11 is 0. The first-order valence-corrected chi connectivity index (χ1v) is 6.02. The van der Waals surface area contributed by atoms with Gasteiger partial charge in [0.05, 0.1) is 18.5 Å². The minimum atomic E-state index is -0.0315. The fourth-order valence-electron chi connectivity index (χ4n) is 1.62. The van der Waals surface area contributed by atoms with Crippen molar-refractivity contribution in [3.8, 4) is 11.5 Å². The van der Waals surface area contributed by atoms with Gasteiger partial charge in [-0.05, 0) is 18.6 Å². The van der Waals surface area contributed by atoms with Gasteiger partial charge in [-0.1, -0.05) is 6.08 Å². The molecule has 0 fully saturated rings. The third-order valence-corrected chi connectivity index (χ3v) is 2.56. The molecule has 5 heteroatoms. The topological polar surface area (TPSA) is 68.0 Å². The van der Waals surface area contributed by atoms with Crippen LogP contribution in [0, 0.1) is 0 Å². The van der Waals surface area contributed by atoms with E-state index in [9.17, 15) is 4.79 Å². The fraction of sp³-hybridized carbons (Fsp3) is 0.214. The van der Waals surface area contributed by atoms with Crippen molar-refractivity contribution in [2.75, 3.05) is 0 Å². The summed E-state index contributed by atoms with van der Waals surface area (Å²) in [7, 11) is 0. The average Bonchev–Trinajstić information content (AvgIpc) is 2.97. The Bertz CT molecular complexity index is 550. The Labute approximate surface area is 111 Å². The van der Waals surface area contributed by atoms with Crippen LogP contribution in [-0.2, 0) is 11.3 Å². The van der Waals surface area contributed by atoms with Crippen LogP contribution in [0.1, 0.15) is 18.5 Å². The van der Waals surface area contributed by atoms with Crippen molar-refractivity contribution >= 4 is 5.91 Å². The third kappa shape index (κ3) is 3.51. The van der Waals surface area contributed by atoms with Crippen LogP contribution >= 0.6 is 0 Å². The number of nitrogens with zero attached hydrogens (tertiary/aromatic N) is 2. The molecule has 0 unspecified atom stereocenters. The Balaban J connectivity index is 2.05. The number of carbonyl (C=O) groups is 1. The quantitative estimate of drug-likeness (QED) is 0.806. The molecular formula is C14H15N3O2. The van der Waals surface area contributed by atoms with Crippen molar-refractivity contribution in [1.82, 2.24) is 15.3 Å². The highest BCUT2D eigenvalue weighted by molar-refractivity contribution is 5.76. The summed E-state index contributed by atoms with van der Waals surface area (Å²) in [5, 5.41) is 2.81. The van der Waals surface area contributed by atoms with Crippen LogP contribution in [0.25, 0.3) is 11.5 Å². The van der Waals surface area contributed by atoms with Crippen molar-refractivity contribution < 1.29 is 9.21 Å². The van der Waals surface area contributed by atoms with Crippen LogP contribution in [0.5, 0.6) is 0 Å². The number of hydrogen-bond acceptors (Lipinski definition) is 4. The van der Waals surface area contributed by atoms with E-state index in [0.717, 1.165) is 0 Å². The van der Waals surface area contributed by atoms with Gasteiger partial charge in [-0.15, -0.1) is 6.58 Å². The smallest absolute Gasteiger partial charge is 0.220 e. The zero-order chi connectivity index (χ0) is 13.5. The lowest BCUT2D eigenvalue weighted by molar-refractivity contribution is -0.121. The maximum absolute atomic E-state index is 11.5. The predicted octanol–water partition coefficient (Wildman–Crippen LogP) is 2.32. The van der Waals surface area contributed by atoms with Crippen molar-refractivity contribution in [3.63, 3.8) is 0 Å². The van der Waals surface area contributed by atoms with Gasteiger partial charge in [-0.25, -0.2) is 4.98 Å². The molecule has 0 atom stereocenters. The Kier molecular flexibility index (Phi) is 4.44. The number of aromatic nitrogens is 2. The van der Waals surface area contributed by atoms with E-state index in [-0.39, 0.29) is 5.91 Å². The molecule has 0 aromatic carbocycles. The number of furan rings is 1. The molecule has 2 rings (SSSR count). The molecule has 5 nitrogen and oxygen atoms in total. The Morgan fingerprint density at radius 1 is 1.42 bits per heavy atom. The molecule has 0 saturated heterocycles. The van der Waals surface area contributed by atoms with Crippen LogP contribution in [-0.4, -0.2) is 15.9 Å². The molecule has 0 spiro atoms. The van der Waals surface area contributed by atoms with Gasteiger partial charge < -0.3 is 9.73 Å². The van der Waals surface area contributed by atoms with Crippen molar-refractivity contribution in [3.05, 3.63) is 49.1 Å². The number of amides is 1. The second-order valence-corrected chi connectivity index (χ2v) is 3.93. The van der Waals surface area contributed by atoms with Gasteiger partial charge >= 0.3 is 0 Å². The summed E-state index contributed by atoms with van der Waals surface area (Å²) in [4.78, 5) is 20.0. The fourth-order valence-corrected chi connectivity index (χ4v) is 1.62. The summed E-state index contributed by atoms with van der Waals surface area (Å²) in [6.45, 7) is 3.92. The van der Waals surface area contributed by atoms with E-state index >= 15 is 0 Å². The zero-order valence-corrected chi connectivity index (χ0v) is 10.5. The lowest BCUT2D eigenvalue weighted by Crippen LogP contribution is -2.23. The number of allylic oxidation sites excluding steroid dienone is 1. The first kappa shape index (κ1) is 13.0. The highest BCUT2D eigenvalue weighted by atomic mass is 16.3. The number of hydrogen-bond donors (Lipinski definition) is 1. The van der Waals surface area contributed by atoms with Crippen LogP contribution in [0.2, 0.25) is 0 Å². The molecule has 19 heavy (non-hydrogen) atoms. The van der Waals surface area contributed by atoms with Crippen LogP contribution in [0.3, 0.4) is 0 Å². The van der Waals surface area contributed by atoms with Crippen molar-refractivity contribution in [1.29, 1.82) is 0 Å². The van der Waals surface area contributed by atoms with Crippen LogP contribution in [0.15, 0.2) is 47.9 Å². The molecule has 0 radical (unpaired) electrons. The van der Waals surface area contributed by atoms with E-state index in [1.165, 1.54) is 0 Å². The summed E-state index contributed by atoms with van der Waals surface area (Å²) in [6.07, 6.45) is 7.59. The Hall–Kier alpha value is -2.43. The first-order chi connectivity index (χ1) is 9.31. The third-order valence-electron chi connectivity index (χ3n) is 2.56. The maximum Gasteiger partial charge on any atom is 0.220 e. The van der Waals surface area contributed by atoms with Gasteiger partial charge in [0.1, 0.15) is 5.69 Å². The van der Waals surface area contributed by atoms with Crippen LogP contribution in [0.4, 0.5) is 0 Å².